The van der Waals surface area contributed by atoms with Crippen molar-refractivity contribution in [2.45, 2.75) is 62.9 Å². The van der Waals surface area contributed by atoms with Crippen molar-refractivity contribution in [3.05, 3.63) is 87.8 Å². The van der Waals surface area contributed by atoms with Gasteiger partial charge in [-0.3, -0.25) is 4.98 Å². The first kappa shape index (κ1) is 27.0. The van der Waals surface area contributed by atoms with Crippen LogP contribution in [0.3, 0.4) is 0 Å². The molecule has 0 amide bonds. The van der Waals surface area contributed by atoms with Crippen molar-refractivity contribution in [2.75, 3.05) is 0 Å². The summed E-state index contributed by atoms with van der Waals surface area (Å²) in [5, 5.41) is 23.3. The summed E-state index contributed by atoms with van der Waals surface area (Å²) in [5.41, 5.74) is 2.14. The summed E-state index contributed by atoms with van der Waals surface area (Å²) >= 11 is 7.65. The molecule has 37 heavy (non-hydrogen) atoms. The second kappa shape index (κ2) is 10.4. The van der Waals surface area contributed by atoms with Gasteiger partial charge in [0.1, 0.15) is 12.4 Å². The monoisotopic (exact) mass is 538 g/mol. The number of carboxylic acids is 1. The van der Waals surface area contributed by atoms with Crippen LogP contribution in [0.2, 0.25) is 5.02 Å². The van der Waals surface area contributed by atoms with Gasteiger partial charge >= 0.3 is 5.97 Å². The number of hydrogen-bond acceptors (Lipinski definition) is 5. The van der Waals surface area contributed by atoms with Gasteiger partial charge in [-0.15, -0.1) is 11.8 Å². The number of nitrogens with zero attached hydrogens (tertiary/aromatic N) is 1. The number of halogens is 1. The number of ether oxygens (including phenoxy) is 1. The van der Waals surface area contributed by atoms with Crippen molar-refractivity contribution in [1.29, 1.82) is 0 Å². The molecule has 0 saturated carbocycles. The number of carboxylic acid groups (broad SMARTS) is 1. The van der Waals surface area contributed by atoms with Crippen LogP contribution in [0.25, 0.3) is 10.9 Å². The maximum Gasteiger partial charge on any atom is 0.342 e. The number of pyridine rings is 1. The van der Waals surface area contributed by atoms with Crippen LogP contribution in [-0.2, 0) is 23.4 Å². The number of fused-ring (bicyclic) bond motifs is 1. The Morgan fingerprint density at radius 1 is 1.14 bits per heavy atom. The fraction of sp³-hybridized carbons (Fsp3) is 0.310. The lowest BCUT2D eigenvalue weighted by Crippen LogP contribution is -2.39. The molecule has 2 aromatic heterocycles. The zero-order valence-corrected chi connectivity index (χ0v) is 23.1. The first-order valence-electron chi connectivity index (χ1n) is 12.0. The molecule has 0 bridgehead atoms. The van der Waals surface area contributed by atoms with E-state index in [1.54, 1.807) is 30.5 Å². The molecule has 6 nitrogen and oxygen atoms in total. The van der Waals surface area contributed by atoms with E-state index in [4.69, 9.17) is 16.3 Å². The molecule has 4 aromatic rings. The van der Waals surface area contributed by atoms with Crippen LogP contribution in [0.5, 0.6) is 5.75 Å². The third-order valence-corrected chi connectivity index (χ3v) is 7.46. The molecule has 4 rings (SSSR count). The van der Waals surface area contributed by atoms with Gasteiger partial charge in [0.2, 0.25) is 5.60 Å². The molecule has 1 atom stereocenters. The molecular weight excluding hydrogens is 508 g/mol. The highest BCUT2D eigenvalue weighted by Crippen LogP contribution is 2.46. The number of H-pyrrole nitrogens is 1. The van der Waals surface area contributed by atoms with E-state index in [0.717, 1.165) is 27.7 Å². The van der Waals surface area contributed by atoms with Crippen molar-refractivity contribution in [3.63, 3.8) is 0 Å². The Hall–Kier alpha value is -3.00. The molecule has 0 fully saturated rings. The van der Waals surface area contributed by atoms with Crippen molar-refractivity contribution in [1.82, 2.24) is 9.97 Å². The number of aryl methyl sites for hydroxylation is 2. The van der Waals surface area contributed by atoms with Gasteiger partial charge in [0.05, 0.1) is 11.4 Å². The van der Waals surface area contributed by atoms with E-state index in [-0.39, 0.29) is 16.9 Å². The Morgan fingerprint density at radius 2 is 1.89 bits per heavy atom. The van der Waals surface area contributed by atoms with Crippen LogP contribution < -0.4 is 4.74 Å². The highest BCUT2D eigenvalue weighted by molar-refractivity contribution is 8.00. The molecule has 1 unspecified atom stereocenters. The number of nitrogens with one attached hydrogen (secondary N) is 1. The Labute approximate surface area is 226 Å². The minimum absolute atomic E-state index is 0.144. The van der Waals surface area contributed by atoms with E-state index in [2.05, 4.69) is 30.7 Å². The van der Waals surface area contributed by atoms with E-state index in [9.17, 15) is 15.0 Å². The first-order valence-corrected chi connectivity index (χ1v) is 13.2. The minimum atomic E-state index is -2.20. The first-order chi connectivity index (χ1) is 17.4. The van der Waals surface area contributed by atoms with Gasteiger partial charge in [0.25, 0.3) is 0 Å². The summed E-state index contributed by atoms with van der Waals surface area (Å²) in [4.78, 5) is 20.9. The lowest BCUT2D eigenvalue weighted by Gasteiger charge is -2.26. The highest BCUT2D eigenvalue weighted by Gasteiger charge is 2.43. The molecule has 0 saturated heterocycles. The molecule has 0 spiro atoms. The fourth-order valence-electron chi connectivity index (χ4n) is 4.21. The van der Waals surface area contributed by atoms with Crippen LogP contribution in [0.15, 0.2) is 59.6 Å². The molecule has 194 valence electrons. The van der Waals surface area contributed by atoms with Gasteiger partial charge in [-0.25, -0.2) is 4.79 Å². The summed E-state index contributed by atoms with van der Waals surface area (Å²) in [6.45, 7) is 10.4. The molecule has 2 aromatic carbocycles. The van der Waals surface area contributed by atoms with Crippen LogP contribution in [0, 0.1) is 13.8 Å². The quantitative estimate of drug-likeness (QED) is 0.213. The molecular formula is C29H31ClN2O4S. The van der Waals surface area contributed by atoms with Crippen molar-refractivity contribution < 1.29 is 19.7 Å². The number of rotatable bonds is 8. The number of aliphatic carboxylic acids is 1. The zero-order chi connectivity index (χ0) is 27.0. The topological polar surface area (TPSA) is 95.4 Å². The SMILES string of the molecule is Cc1ccc(COc2ccc3[nH]c(C(O)(Cc4cccc(Cl)c4)C(=O)O)c(SC(C)(C)C)c3c2C)nc1. The lowest BCUT2D eigenvalue weighted by atomic mass is 9.91. The third-order valence-electron chi connectivity index (χ3n) is 6.00. The van der Waals surface area contributed by atoms with Crippen LogP contribution in [-0.4, -0.2) is 30.9 Å². The summed E-state index contributed by atoms with van der Waals surface area (Å²) < 4.78 is 5.87. The summed E-state index contributed by atoms with van der Waals surface area (Å²) in [7, 11) is 0. The summed E-state index contributed by atoms with van der Waals surface area (Å²) in [6, 6.07) is 14.5. The second-order valence-corrected chi connectivity index (χ2v) is 12.5. The Kier molecular flexibility index (Phi) is 7.60. The van der Waals surface area contributed by atoms with E-state index in [1.165, 1.54) is 11.8 Å². The third kappa shape index (κ3) is 5.95. The second-order valence-electron chi connectivity index (χ2n) is 10.2. The summed E-state index contributed by atoms with van der Waals surface area (Å²) in [6.07, 6.45) is 1.66. The van der Waals surface area contributed by atoms with Gasteiger partial charge < -0.3 is 19.9 Å². The van der Waals surface area contributed by atoms with Crippen molar-refractivity contribution in [3.8, 4) is 5.75 Å². The smallest absolute Gasteiger partial charge is 0.342 e. The number of aromatic nitrogens is 2. The van der Waals surface area contributed by atoms with Gasteiger partial charge in [0.15, 0.2) is 0 Å². The fourth-order valence-corrected chi connectivity index (χ4v) is 5.72. The zero-order valence-electron chi connectivity index (χ0n) is 21.6. The molecule has 2 heterocycles. The van der Waals surface area contributed by atoms with Crippen molar-refractivity contribution >= 4 is 40.2 Å². The Balaban J connectivity index is 1.82. The Bertz CT molecular complexity index is 1440. The maximum absolute atomic E-state index is 12.6. The van der Waals surface area contributed by atoms with Gasteiger partial charge in [-0.1, -0.05) is 50.6 Å². The minimum Gasteiger partial charge on any atom is -0.487 e. The number of hydrogen-bond donors (Lipinski definition) is 3. The van der Waals surface area contributed by atoms with Crippen LogP contribution >= 0.6 is 23.4 Å². The number of aliphatic hydroxyl groups is 1. The average molecular weight is 539 g/mol. The van der Waals surface area contributed by atoms with Crippen LogP contribution in [0.1, 0.15) is 48.8 Å². The number of carbonyl (C=O) groups is 1. The predicted octanol–water partition coefficient (Wildman–Crippen LogP) is 6.82. The molecule has 3 N–H and O–H groups in total. The van der Waals surface area contributed by atoms with Gasteiger partial charge in [-0.2, -0.15) is 0 Å². The van der Waals surface area contributed by atoms with Gasteiger partial charge in [-0.05, 0) is 55.3 Å². The van der Waals surface area contributed by atoms with Gasteiger partial charge in [0, 0.05) is 43.7 Å². The number of thioether (sulfide) groups is 1. The van der Waals surface area contributed by atoms with Crippen LogP contribution in [0.4, 0.5) is 0 Å². The molecule has 0 aliphatic heterocycles. The highest BCUT2D eigenvalue weighted by atomic mass is 35.5. The van der Waals surface area contributed by atoms with E-state index < -0.39 is 11.6 Å². The predicted molar refractivity (Wildman–Crippen MR) is 149 cm³/mol. The van der Waals surface area contributed by atoms with Crippen molar-refractivity contribution in [2.24, 2.45) is 0 Å². The van der Waals surface area contributed by atoms with E-state index in [1.807, 2.05) is 38.1 Å². The maximum atomic E-state index is 12.6. The average Bonchev–Trinajstić information content (AvgIpc) is 3.17. The Morgan fingerprint density at radius 3 is 2.51 bits per heavy atom. The lowest BCUT2D eigenvalue weighted by molar-refractivity contribution is -0.160. The normalized spacial score (nSPS) is 13.5. The van der Waals surface area contributed by atoms with E-state index >= 15 is 0 Å². The standard InChI is InChI=1S/C29H31ClN2O4S/c1-17-9-10-21(31-15-17)16-36-23-12-11-22-24(18(23)2)25(37-28(3,4)5)26(32-22)29(35,27(33)34)14-19-7-6-8-20(30)13-19/h6-13,15,32,35H,14,16H2,1-5H3,(H,33,34). The largest absolute Gasteiger partial charge is 0.487 e. The molecule has 0 aliphatic carbocycles. The molecule has 0 aliphatic rings. The number of aromatic amines is 1. The summed E-state index contributed by atoms with van der Waals surface area (Å²) in [5.74, 6) is -0.667. The molecule has 8 heteroatoms. The number of benzene rings is 2. The molecule has 0 radical (unpaired) electrons. The van der Waals surface area contributed by atoms with E-state index in [0.29, 0.717) is 27.8 Å².